The highest BCUT2D eigenvalue weighted by molar-refractivity contribution is 7.99. The molecule has 1 aliphatic heterocycles. The van der Waals surface area contributed by atoms with Gasteiger partial charge < -0.3 is 25.0 Å². The van der Waals surface area contributed by atoms with Crippen LogP contribution in [0, 0.1) is 0 Å². The lowest BCUT2D eigenvalue weighted by atomic mass is 10.0. The van der Waals surface area contributed by atoms with Crippen molar-refractivity contribution in [2.75, 3.05) is 5.75 Å². The van der Waals surface area contributed by atoms with Gasteiger partial charge in [0.25, 0.3) is 0 Å². The quantitative estimate of drug-likeness (QED) is 0.254. The van der Waals surface area contributed by atoms with E-state index in [1.165, 1.54) is 11.8 Å². The van der Waals surface area contributed by atoms with Gasteiger partial charge in [-0.25, -0.2) is 9.97 Å². The normalized spacial score (nSPS) is 19.3. The number of hydrogen-bond acceptors (Lipinski definition) is 8. The molecule has 3 atom stereocenters. The number of thioether (sulfide) groups is 1. The molecule has 0 spiro atoms. The van der Waals surface area contributed by atoms with Crippen molar-refractivity contribution in [2.24, 2.45) is 0 Å². The second-order valence-corrected chi connectivity index (χ2v) is 9.59. The first-order valence-electron chi connectivity index (χ1n) is 12.0. The maximum absolute atomic E-state index is 11.8. The lowest BCUT2D eigenvalue weighted by molar-refractivity contribution is -0.245. The molecule has 10 heteroatoms. The summed E-state index contributed by atoms with van der Waals surface area (Å²) < 4.78 is 12.7. The van der Waals surface area contributed by atoms with Crippen molar-refractivity contribution >= 4 is 23.6 Å². The molecule has 1 saturated heterocycles. The number of benzene rings is 2. The highest BCUT2D eigenvalue weighted by Gasteiger charge is 2.32. The number of rotatable bonds is 11. The van der Waals surface area contributed by atoms with Crippen molar-refractivity contribution < 1.29 is 29.3 Å². The average molecular weight is 524 g/mol. The van der Waals surface area contributed by atoms with E-state index < -0.39 is 12.3 Å². The maximum atomic E-state index is 11.8. The maximum Gasteiger partial charge on any atom is 0.303 e. The Kier molecular flexibility index (Phi) is 9.61. The predicted molar refractivity (Wildman–Crippen MR) is 136 cm³/mol. The van der Waals surface area contributed by atoms with Crippen LogP contribution in [0.4, 0.5) is 0 Å². The van der Waals surface area contributed by atoms with Crippen molar-refractivity contribution in [3.05, 3.63) is 89.2 Å². The second-order valence-electron chi connectivity index (χ2n) is 8.60. The summed E-state index contributed by atoms with van der Waals surface area (Å²) in [6.45, 7) is 0.293. The Hall–Kier alpha value is -3.31. The minimum absolute atomic E-state index is 0.0136. The van der Waals surface area contributed by atoms with Gasteiger partial charge >= 0.3 is 5.97 Å². The Morgan fingerprint density at radius 1 is 0.946 bits per heavy atom. The average Bonchev–Trinajstić information content (AvgIpc) is 2.94. The first kappa shape index (κ1) is 26.7. The molecular weight excluding hydrogens is 494 g/mol. The first-order chi connectivity index (χ1) is 18.0. The molecule has 9 nitrogen and oxygen atoms in total. The summed E-state index contributed by atoms with van der Waals surface area (Å²) in [4.78, 5) is 31.0. The highest BCUT2D eigenvalue weighted by Crippen LogP contribution is 2.39. The van der Waals surface area contributed by atoms with E-state index in [0.29, 0.717) is 23.9 Å². The van der Waals surface area contributed by atoms with Crippen molar-refractivity contribution in [2.45, 2.75) is 56.1 Å². The fourth-order valence-electron chi connectivity index (χ4n) is 3.85. The molecule has 3 aromatic rings. The standard InChI is InChI=1S/C27H29N3O6S/c31-16-19-4-6-20(7-5-19)23-14-22(17-37-27-28-12-1-13-29-27)35-26(36-23)21-8-2-18(3-9-21)15-30-24(32)10-11-25(33)34/h1-9,12-13,22-23,26,31H,10-11,14-17H2,(H,30,32)(H,33,34). The number of carboxylic acids is 1. The predicted octanol–water partition coefficient (Wildman–Crippen LogP) is 3.79. The number of hydrogen-bond donors (Lipinski definition) is 3. The zero-order chi connectivity index (χ0) is 26.0. The number of aliphatic hydroxyl groups is 1. The fourth-order valence-corrected chi connectivity index (χ4v) is 4.67. The molecule has 0 bridgehead atoms. The topological polar surface area (TPSA) is 131 Å². The Morgan fingerprint density at radius 3 is 2.30 bits per heavy atom. The molecule has 194 valence electrons. The van der Waals surface area contributed by atoms with E-state index in [2.05, 4.69) is 15.3 Å². The monoisotopic (exact) mass is 523 g/mol. The van der Waals surface area contributed by atoms with E-state index in [1.807, 2.05) is 48.5 Å². The van der Waals surface area contributed by atoms with Crippen LogP contribution in [0.25, 0.3) is 0 Å². The SMILES string of the molecule is O=C(O)CCC(=O)NCc1ccc(C2OC(CSc3ncccn3)CC(c3ccc(CO)cc3)O2)cc1. The molecule has 0 saturated carbocycles. The zero-order valence-electron chi connectivity index (χ0n) is 20.2. The van der Waals surface area contributed by atoms with Gasteiger partial charge in [-0.3, -0.25) is 9.59 Å². The van der Waals surface area contributed by atoms with Crippen LogP contribution in [0.2, 0.25) is 0 Å². The smallest absolute Gasteiger partial charge is 0.303 e. The summed E-state index contributed by atoms with van der Waals surface area (Å²) in [5, 5.41) is 21.5. The third kappa shape index (κ3) is 8.09. The van der Waals surface area contributed by atoms with Crippen molar-refractivity contribution in [3.63, 3.8) is 0 Å². The number of nitrogens with zero attached hydrogens (tertiary/aromatic N) is 2. The molecule has 1 aromatic heterocycles. The van der Waals surface area contributed by atoms with Crippen LogP contribution < -0.4 is 5.32 Å². The number of amides is 1. The van der Waals surface area contributed by atoms with Gasteiger partial charge in [0.2, 0.25) is 5.91 Å². The molecule has 3 unspecified atom stereocenters. The van der Waals surface area contributed by atoms with Crippen LogP contribution in [-0.2, 0) is 32.2 Å². The summed E-state index contributed by atoms with van der Waals surface area (Å²) in [6.07, 6.45) is 2.96. The Bertz CT molecular complexity index is 1160. The number of aliphatic carboxylic acids is 1. The number of aliphatic hydroxyl groups excluding tert-OH is 1. The van der Waals surface area contributed by atoms with Gasteiger partial charge in [-0.1, -0.05) is 60.3 Å². The molecule has 37 heavy (non-hydrogen) atoms. The number of aromatic nitrogens is 2. The molecule has 1 amide bonds. The lowest BCUT2D eigenvalue weighted by Gasteiger charge is -2.36. The van der Waals surface area contributed by atoms with Crippen molar-refractivity contribution in [1.82, 2.24) is 15.3 Å². The number of carboxylic acid groups (broad SMARTS) is 1. The van der Waals surface area contributed by atoms with Gasteiger partial charge in [0, 0.05) is 43.1 Å². The van der Waals surface area contributed by atoms with E-state index in [1.54, 1.807) is 18.5 Å². The lowest BCUT2D eigenvalue weighted by Crippen LogP contribution is -2.31. The highest BCUT2D eigenvalue weighted by atomic mass is 32.2. The van der Waals surface area contributed by atoms with Crippen LogP contribution >= 0.6 is 11.8 Å². The minimum Gasteiger partial charge on any atom is -0.481 e. The molecular formula is C27H29N3O6S. The Labute approximate surface area is 219 Å². The van der Waals surface area contributed by atoms with E-state index in [9.17, 15) is 14.7 Å². The van der Waals surface area contributed by atoms with Crippen LogP contribution in [0.5, 0.6) is 0 Å². The van der Waals surface area contributed by atoms with Crippen LogP contribution in [-0.4, -0.2) is 43.9 Å². The first-order valence-corrected chi connectivity index (χ1v) is 13.0. The summed E-state index contributed by atoms with van der Waals surface area (Å²) in [6, 6.07) is 17.1. The fraction of sp³-hybridized carbons (Fsp3) is 0.333. The molecule has 2 aromatic carbocycles. The van der Waals surface area contributed by atoms with Crippen molar-refractivity contribution in [3.8, 4) is 0 Å². The molecule has 2 heterocycles. The van der Waals surface area contributed by atoms with E-state index >= 15 is 0 Å². The summed E-state index contributed by atoms with van der Waals surface area (Å²) in [5.41, 5.74) is 3.58. The van der Waals surface area contributed by atoms with Gasteiger partial charge in [-0.15, -0.1) is 0 Å². The zero-order valence-corrected chi connectivity index (χ0v) is 21.0. The second kappa shape index (κ2) is 13.3. The summed E-state index contributed by atoms with van der Waals surface area (Å²) in [5.74, 6) is -0.638. The van der Waals surface area contributed by atoms with Gasteiger partial charge in [0.15, 0.2) is 11.4 Å². The molecule has 3 N–H and O–H groups in total. The molecule has 4 rings (SSSR count). The summed E-state index contributed by atoms with van der Waals surface area (Å²) >= 11 is 1.53. The number of carbonyl (C=O) groups is 2. The Balaban J connectivity index is 1.43. The number of nitrogens with one attached hydrogen (secondary N) is 1. The van der Waals surface area contributed by atoms with Gasteiger partial charge in [0.05, 0.1) is 25.2 Å². The minimum atomic E-state index is -0.998. The molecule has 1 aliphatic rings. The van der Waals surface area contributed by atoms with E-state index in [0.717, 1.165) is 22.3 Å². The van der Waals surface area contributed by atoms with E-state index in [4.69, 9.17) is 14.6 Å². The molecule has 0 aliphatic carbocycles. The van der Waals surface area contributed by atoms with Crippen LogP contribution in [0.1, 0.15) is 53.9 Å². The van der Waals surface area contributed by atoms with Gasteiger partial charge in [-0.2, -0.15) is 0 Å². The van der Waals surface area contributed by atoms with Crippen molar-refractivity contribution in [1.29, 1.82) is 0 Å². The molecule has 0 radical (unpaired) electrons. The van der Waals surface area contributed by atoms with E-state index in [-0.39, 0.29) is 37.6 Å². The van der Waals surface area contributed by atoms with Crippen LogP contribution in [0.3, 0.4) is 0 Å². The number of carbonyl (C=O) groups excluding carboxylic acids is 1. The third-order valence-electron chi connectivity index (χ3n) is 5.86. The summed E-state index contributed by atoms with van der Waals surface area (Å²) in [7, 11) is 0. The van der Waals surface area contributed by atoms with Crippen LogP contribution in [0.15, 0.2) is 72.1 Å². The largest absolute Gasteiger partial charge is 0.481 e. The number of ether oxygens (including phenoxy) is 2. The van der Waals surface area contributed by atoms with Gasteiger partial charge in [0.1, 0.15) is 0 Å². The Morgan fingerprint density at radius 2 is 1.62 bits per heavy atom. The van der Waals surface area contributed by atoms with Gasteiger partial charge in [-0.05, 0) is 22.8 Å². The molecule has 1 fully saturated rings. The third-order valence-corrected chi connectivity index (χ3v) is 6.87.